The Morgan fingerprint density at radius 3 is 2.23 bits per heavy atom. The fraction of sp³-hybridized carbons (Fsp3) is 0.632. The van der Waals surface area contributed by atoms with Gasteiger partial charge in [0.05, 0.1) is 18.3 Å². The van der Waals surface area contributed by atoms with Crippen LogP contribution in [0.5, 0.6) is 0 Å². The maximum Gasteiger partial charge on any atom is 0.102 e. The van der Waals surface area contributed by atoms with Crippen LogP contribution in [0.2, 0.25) is 0 Å². The van der Waals surface area contributed by atoms with Crippen molar-refractivity contribution in [2.75, 3.05) is 12.3 Å². The Kier molecular flexibility index (Phi) is 6.02. The minimum atomic E-state index is -0.151. The number of fused-ring (bicyclic) bond motifs is 1. The van der Waals surface area contributed by atoms with Crippen LogP contribution in [0.25, 0.3) is 0 Å². The molecule has 0 amide bonds. The van der Waals surface area contributed by atoms with Gasteiger partial charge in [0, 0.05) is 11.1 Å². The molecule has 0 saturated carbocycles. The average Bonchev–Trinajstić information content (AvgIpc) is 2.49. The summed E-state index contributed by atoms with van der Waals surface area (Å²) in [5.41, 5.74) is 9.35. The fourth-order valence-electron chi connectivity index (χ4n) is 3.60. The minimum Gasteiger partial charge on any atom is -0.398 e. The molecule has 1 aromatic carbocycles. The molecule has 0 fully saturated rings. The zero-order valence-corrected chi connectivity index (χ0v) is 15.0. The summed E-state index contributed by atoms with van der Waals surface area (Å²) in [6, 6.07) is 6.18. The normalized spacial score (nSPS) is 19.2. The van der Waals surface area contributed by atoms with Crippen LogP contribution >= 0.6 is 0 Å². The Bertz CT molecular complexity index is 547. The first-order chi connectivity index (χ1) is 10.4. The lowest BCUT2D eigenvalue weighted by Crippen LogP contribution is -2.47. The summed E-state index contributed by atoms with van der Waals surface area (Å²) in [5, 5.41) is 9.59. The Morgan fingerprint density at radius 1 is 1.23 bits per heavy atom. The van der Waals surface area contributed by atoms with Crippen molar-refractivity contribution in [3.05, 3.63) is 28.8 Å². The summed E-state index contributed by atoms with van der Waals surface area (Å²) >= 11 is 0. The third kappa shape index (κ3) is 2.73. The number of nitrogens with zero attached hydrogens (tertiary/aromatic N) is 1. The molecule has 122 valence electrons. The number of hydrogen-bond acceptors (Lipinski definition) is 3. The van der Waals surface area contributed by atoms with E-state index in [2.05, 4.69) is 33.8 Å². The number of nitriles is 1. The number of nitrogens with two attached hydrogens (primary N) is 1. The van der Waals surface area contributed by atoms with Crippen LogP contribution in [0.15, 0.2) is 12.1 Å². The Morgan fingerprint density at radius 2 is 1.77 bits per heavy atom. The molecule has 1 unspecified atom stereocenters. The van der Waals surface area contributed by atoms with Crippen LogP contribution in [0.4, 0.5) is 5.69 Å². The lowest BCUT2D eigenvalue weighted by atomic mass is 9.61. The van der Waals surface area contributed by atoms with Gasteiger partial charge in [0.15, 0.2) is 0 Å². The predicted molar refractivity (Wildman–Crippen MR) is 92.6 cm³/mol. The van der Waals surface area contributed by atoms with E-state index in [1.807, 2.05) is 32.9 Å². The SMILES string of the molecule is CC.CC1OCC(C(C)C)(C(C)C)c2c1ccc(N)c2C#N. The van der Waals surface area contributed by atoms with E-state index in [4.69, 9.17) is 10.5 Å². The number of ether oxygens (including phenoxy) is 1. The summed E-state index contributed by atoms with van der Waals surface area (Å²) in [6.45, 7) is 15.5. The van der Waals surface area contributed by atoms with Crippen molar-refractivity contribution >= 4 is 5.69 Å². The molecule has 22 heavy (non-hydrogen) atoms. The molecule has 1 aliphatic heterocycles. The first kappa shape index (κ1) is 18.5. The maximum absolute atomic E-state index is 9.59. The quantitative estimate of drug-likeness (QED) is 0.798. The molecule has 3 heteroatoms. The molecule has 1 aromatic rings. The van der Waals surface area contributed by atoms with Gasteiger partial charge in [0.2, 0.25) is 0 Å². The lowest BCUT2D eigenvalue weighted by molar-refractivity contribution is -0.0255. The van der Waals surface area contributed by atoms with Gasteiger partial charge in [-0.25, -0.2) is 0 Å². The molecule has 0 saturated heterocycles. The van der Waals surface area contributed by atoms with Crippen molar-refractivity contribution in [1.29, 1.82) is 5.26 Å². The molecule has 0 aromatic heterocycles. The maximum atomic E-state index is 9.59. The number of hydrogen-bond donors (Lipinski definition) is 1. The molecule has 1 atom stereocenters. The number of anilines is 1. The first-order valence-corrected chi connectivity index (χ1v) is 8.30. The molecule has 0 spiro atoms. The standard InChI is InChI=1S/C17H24N2O.C2H6/c1-10(2)17(11(3)4)9-20-12(5)13-6-7-15(19)14(8-18)16(13)17;1-2/h6-7,10-12H,9,19H2,1-5H3;1-2H3. The van der Waals surface area contributed by atoms with Gasteiger partial charge in [-0.15, -0.1) is 0 Å². The van der Waals surface area contributed by atoms with E-state index in [0.29, 0.717) is 29.7 Å². The topological polar surface area (TPSA) is 59.0 Å². The lowest BCUT2D eigenvalue weighted by Gasteiger charge is -2.47. The zero-order valence-electron chi connectivity index (χ0n) is 15.0. The smallest absolute Gasteiger partial charge is 0.102 e. The van der Waals surface area contributed by atoms with Crippen LogP contribution in [0, 0.1) is 23.2 Å². The van der Waals surface area contributed by atoms with Crippen molar-refractivity contribution in [2.24, 2.45) is 11.8 Å². The summed E-state index contributed by atoms with van der Waals surface area (Å²) in [7, 11) is 0. The summed E-state index contributed by atoms with van der Waals surface area (Å²) < 4.78 is 6.03. The largest absolute Gasteiger partial charge is 0.398 e. The minimum absolute atomic E-state index is 0.0170. The van der Waals surface area contributed by atoms with Crippen molar-refractivity contribution in [1.82, 2.24) is 0 Å². The van der Waals surface area contributed by atoms with Crippen molar-refractivity contribution < 1.29 is 4.74 Å². The van der Waals surface area contributed by atoms with Crippen molar-refractivity contribution in [2.45, 2.75) is 60.0 Å². The molecule has 2 N–H and O–H groups in total. The van der Waals surface area contributed by atoms with Gasteiger partial charge in [0.1, 0.15) is 6.07 Å². The highest BCUT2D eigenvalue weighted by Gasteiger charge is 2.46. The molecule has 0 radical (unpaired) electrons. The highest BCUT2D eigenvalue weighted by atomic mass is 16.5. The number of nitrogen functional groups attached to an aromatic ring is 1. The second-order valence-corrected chi connectivity index (χ2v) is 6.41. The van der Waals surface area contributed by atoms with E-state index in [1.54, 1.807) is 0 Å². The van der Waals surface area contributed by atoms with E-state index >= 15 is 0 Å². The molecule has 0 bridgehead atoms. The summed E-state index contributed by atoms with van der Waals surface area (Å²) in [5.74, 6) is 0.755. The first-order valence-electron chi connectivity index (χ1n) is 8.30. The Hall–Kier alpha value is -1.53. The van der Waals surface area contributed by atoms with Crippen LogP contribution in [0.3, 0.4) is 0 Å². The van der Waals surface area contributed by atoms with Crippen molar-refractivity contribution in [3.8, 4) is 6.07 Å². The predicted octanol–water partition coefficient (Wildman–Crippen LogP) is 4.81. The van der Waals surface area contributed by atoms with Crippen LogP contribution in [-0.4, -0.2) is 6.61 Å². The Balaban J connectivity index is 0.00000116. The van der Waals surface area contributed by atoms with E-state index in [1.165, 1.54) is 0 Å². The van der Waals surface area contributed by atoms with Gasteiger partial charge >= 0.3 is 0 Å². The monoisotopic (exact) mass is 302 g/mol. The summed E-state index contributed by atoms with van der Waals surface area (Å²) in [4.78, 5) is 0. The summed E-state index contributed by atoms with van der Waals surface area (Å²) in [6.07, 6.45) is 0.0170. The molecule has 0 aliphatic carbocycles. The van der Waals surface area contributed by atoms with Crippen LogP contribution in [-0.2, 0) is 10.2 Å². The highest BCUT2D eigenvalue weighted by Crippen LogP contribution is 2.49. The van der Waals surface area contributed by atoms with Gasteiger partial charge in [-0.1, -0.05) is 47.6 Å². The van der Waals surface area contributed by atoms with E-state index in [9.17, 15) is 5.26 Å². The van der Waals surface area contributed by atoms with Gasteiger partial charge in [0.25, 0.3) is 0 Å². The third-order valence-corrected chi connectivity index (χ3v) is 4.92. The number of benzene rings is 1. The molecule has 1 aliphatic rings. The van der Waals surface area contributed by atoms with Gasteiger partial charge in [-0.3, -0.25) is 0 Å². The second kappa shape index (κ2) is 7.15. The molecular formula is C19H30N2O. The zero-order chi connectivity index (χ0) is 17.1. The molecule has 2 rings (SSSR count). The van der Waals surface area contributed by atoms with Crippen LogP contribution in [0.1, 0.15) is 71.3 Å². The fourth-order valence-corrected chi connectivity index (χ4v) is 3.60. The molecule has 3 nitrogen and oxygen atoms in total. The van der Waals surface area contributed by atoms with E-state index in [0.717, 1.165) is 11.1 Å². The second-order valence-electron chi connectivity index (χ2n) is 6.41. The van der Waals surface area contributed by atoms with Crippen molar-refractivity contribution in [3.63, 3.8) is 0 Å². The third-order valence-electron chi connectivity index (χ3n) is 4.92. The number of rotatable bonds is 2. The molecule has 1 heterocycles. The average molecular weight is 302 g/mol. The Labute approximate surface area is 135 Å². The van der Waals surface area contributed by atoms with E-state index in [-0.39, 0.29) is 11.5 Å². The van der Waals surface area contributed by atoms with Gasteiger partial charge in [-0.05, 0) is 36.0 Å². The van der Waals surface area contributed by atoms with E-state index < -0.39 is 0 Å². The van der Waals surface area contributed by atoms with Crippen LogP contribution < -0.4 is 5.73 Å². The molecular weight excluding hydrogens is 272 g/mol. The highest BCUT2D eigenvalue weighted by molar-refractivity contribution is 5.63. The van der Waals surface area contributed by atoms with Gasteiger partial charge in [-0.2, -0.15) is 5.26 Å². The van der Waals surface area contributed by atoms with Gasteiger partial charge < -0.3 is 10.5 Å².